The molecule has 0 atom stereocenters. The van der Waals surface area contributed by atoms with Crippen LogP contribution in [0.2, 0.25) is 3.98 Å². The number of anilines is 2. The summed E-state index contributed by atoms with van der Waals surface area (Å²) < 4.78 is 2.80. The fourth-order valence-electron chi connectivity index (χ4n) is 2.25. The fourth-order valence-corrected chi connectivity index (χ4v) is 6.84. The summed E-state index contributed by atoms with van der Waals surface area (Å²) in [5.41, 5.74) is 2.58. The normalized spacial score (nSPS) is 10.1. The molecule has 0 saturated carbocycles. The van der Waals surface area contributed by atoms with Crippen molar-refractivity contribution in [1.82, 2.24) is 0 Å². The van der Waals surface area contributed by atoms with Crippen LogP contribution in [0, 0.1) is 0 Å². The topological polar surface area (TPSA) is 15.3 Å². The van der Waals surface area contributed by atoms with Gasteiger partial charge in [-0.2, -0.15) is 0 Å². The monoisotopic (exact) mass is 460 g/mol. The van der Waals surface area contributed by atoms with Crippen molar-refractivity contribution < 1.29 is 0 Å². The fraction of sp³-hybridized carbons (Fsp3) is 0.294. The summed E-state index contributed by atoms with van der Waals surface area (Å²) in [7, 11) is 0. The van der Waals surface area contributed by atoms with Crippen LogP contribution in [-0.2, 0) is 0 Å². The van der Waals surface area contributed by atoms with Crippen molar-refractivity contribution in [3.05, 3.63) is 60.7 Å². The van der Waals surface area contributed by atoms with Gasteiger partial charge in [0.25, 0.3) is 0 Å². The summed E-state index contributed by atoms with van der Waals surface area (Å²) in [6.07, 6.45) is 0. The Balaban J connectivity index is 1.88. The van der Waals surface area contributed by atoms with E-state index in [1.54, 1.807) is 0 Å². The van der Waals surface area contributed by atoms with E-state index in [2.05, 4.69) is 77.8 Å². The molecule has 0 spiro atoms. The molecule has 0 aliphatic heterocycles. The van der Waals surface area contributed by atoms with Crippen molar-refractivity contribution in [2.45, 2.75) is 10.9 Å². The standard InChI is InChI=1S/C15H17N2.C2H5.Tl.H/c1-17(15-10-6-3-7-11-15)13-12-16-14-8-4-2-5-9-14;1-2;;/h2-11,16H,1,12-13H2;1H2,2H3;;. The molecule has 0 aromatic heterocycles. The zero-order valence-corrected chi connectivity index (χ0v) is 17.8. The predicted molar refractivity (Wildman–Crippen MR) is 91.2 cm³/mol. The van der Waals surface area contributed by atoms with Crippen LogP contribution in [0.15, 0.2) is 60.7 Å². The molecule has 104 valence electrons. The number of para-hydroxylation sites is 2. The minimum absolute atomic E-state index is 0.681. The van der Waals surface area contributed by atoms with Gasteiger partial charge in [0.2, 0.25) is 0 Å². The van der Waals surface area contributed by atoms with E-state index >= 15 is 0 Å². The first-order valence-corrected chi connectivity index (χ1v) is 15.3. The summed E-state index contributed by atoms with van der Waals surface area (Å²) in [5.74, 6) is 0. The molecule has 0 radical (unpaired) electrons. The van der Waals surface area contributed by atoms with Crippen molar-refractivity contribution in [1.29, 1.82) is 0 Å². The second kappa shape index (κ2) is 9.00. The molecule has 0 bridgehead atoms. The molecule has 3 heteroatoms. The average molecular weight is 460 g/mol. The molecule has 0 aliphatic carbocycles. The molecular weight excluding hydrogens is 437 g/mol. The van der Waals surface area contributed by atoms with Gasteiger partial charge in [-0.05, 0) is 0 Å². The van der Waals surface area contributed by atoms with Crippen LogP contribution in [0.5, 0.6) is 0 Å². The second-order valence-electron chi connectivity index (χ2n) is 4.97. The first-order chi connectivity index (χ1) is 9.90. The van der Waals surface area contributed by atoms with E-state index in [0.717, 1.165) is 13.1 Å². The van der Waals surface area contributed by atoms with Gasteiger partial charge in [-0.1, -0.05) is 0 Å². The molecule has 0 amide bonds. The zero-order chi connectivity index (χ0) is 14.0. The summed E-state index contributed by atoms with van der Waals surface area (Å²) in [6, 6.07) is 21.3. The van der Waals surface area contributed by atoms with Gasteiger partial charge in [0.1, 0.15) is 0 Å². The third kappa shape index (κ3) is 5.15. The van der Waals surface area contributed by atoms with E-state index < -0.39 is 24.2 Å². The minimum atomic E-state index is -0.681. The summed E-state index contributed by atoms with van der Waals surface area (Å²) >= 11 is -0.681. The molecule has 20 heavy (non-hydrogen) atoms. The first-order valence-electron chi connectivity index (χ1n) is 7.49. The van der Waals surface area contributed by atoms with E-state index in [1.807, 2.05) is 0 Å². The van der Waals surface area contributed by atoms with Gasteiger partial charge >= 0.3 is 135 Å². The average Bonchev–Trinajstić information content (AvgIpc) is 2.52. The van der Waals surface area contributed by atoms with Crippen molar-refractivity contribution in [2.24, 2.45) is 0 Å². The Bertz CT molecular complexity index is 473. The van der Waals surface area contributed by atoms with Crippen LogP contribution in [0.1, 0.15) is 6.92 Å². The Kier molecular flexibility index (Phi) is 6.91. The summed E-state index contributed by atoms with van der Waals surface area (Å²) in [6.45, 7) is 4.42. The van der Waals surface area contributed by atoms with E-state index in [9.17, 15) is 0 Å². The number of hydrogen-bond acceptors (Lipinski definition) is 2. The van der Waals surface area contributed by atoms with Gasteiger partial charge in [-0.3, -0.25) is 0 Å². The molecule has 2 rings (SSSR count). The Morgan fingerprint density at radius 3 is 2.25 bits per heavy atom. The number of nitrogens with one attached hydrogen (secondary N) is 1. The number of nitrogens with zero attached hydrogens (tertiary/aromatic N) is 1. The molecule has 1 N–H and O–H groups in total. The second-order valence-corrected chi connectivity index (χ2v) is 13.3. The van der Waals surface area contributed by atoms with Crippen LogP contribution in [0.25, 0.3) is 0 Å². The molecule has 2 nitrogen and oxygen atoms in total. The van der Waals surface area contributed by atoms with Crippen LogP contribution in [-0.4, -0.2) is 41.4 Å². The van der Waals surface area contributed by atoms with Crippen LogP contribution < -0.4 is 10.2 Å². The van der Waals surface area contributed by atoms with Crippen LogP contribution >= 0.6 is 0 Å². The molecule has 0 fully saturated rings. The van der Waals surface area contributed by atoms with Gasteiger partial charge in [0.15, 0.2) is 0 Å². The summed E-state index contributed by atoms with van der Waals surface area (Å²) in [5, 5.41) is 3.50. The maximum absolute atomic E-state index is 3.50. The van der Waals surface area contributed by atoms with Crippen molar-refractivity contribution >= 4 is 35.6 Å². The zero-order valence-electron chi connectivity index (χ0n) is 12.3. The predicted octanol–water partition coefficient (Wildman–Crippen LogP) is 3.44. The number of rotatable bonds is 8. The van der Waals surface area contributed by atoms with Gasteiger partial charge in [0, 0.05) is 0 Å². The van der Waals surface area contributed by atoms with Crippen LogP contribution in [0.4, 0.5) is 11.4 Å². The molecule has 2 aromatic carbocycles. The van der Waals surface area contributed by atoms with Crippen molar-refractivity contribution in [3.8, 4) is 0 Å². The van der Waals surface area contributed by atoms with Gasteiger partial charge < -0.3 is 0 Å². The molecule has 0 unspecified atom stereocenters. The Hall–Kier alpha value is -1.04. The van der Waals surface area contributed by atoms with Gasteiger partial charge in [-0.25, -0.2) is 0 Å². The Morgan fingerprint density at radius 1 is 0.950 bits per heavy atom. The SMILES string of the molecule is C[CH2][TlH][CH2]N(CCNc1ccccc1)c1ccccc1. The molecule has 0 saturated heterocycles. The van der Waals surface area contributed by atoms with Gasteiger partial charge in [-0.15, -0.1) is 0 Å². The molecule has 0 aliphatic rings. The van der Waals surface area contributed by atoms with E-state index in [0.29, 0.717) is 0 Å². The quantitative estimate of drug-likeness (QED) is 0.609. The van der Waals surface area contributed by atoms with E-state index in [1.165, 1.54) is 19.5 Å². The number of hydrogen-bond donors (Lipinski definition) is 1. The van der Waals surface area contributed by atoms with Crippen molar-refractivity contribution in [3.63, 3.8) is 0 Å². The van der Waals surface area contributed by atoms with Crippen molar-refractivity contribution in [2.75, 3.05) is 27.4 Å². The molecule has 2 aromatic rings. The maximum atomic E-state index is 3.50. The van der Waals surface area contributed by atoms with Gasteiger partial charge in [0.05, 0.1) is 0 Å². The first kappa shape index (κ1) is 15.4. The van der Waals surface area contributed by atoms with Crippen LogP contribution in [0.3, 0.4) is 0 Å². The summed E-state index contributed by atoms with van der Waals surface area (Å²) in [4.78, 5) is 2.56. The third-order valence-electron chi connectivity index (χ3n) is 3.39. The Morgan fingerprint density at radius 2 is 1.60 bits per heavy atom. The Labute approximate surface area is 134 Å². The third-order valence-corrected chi connectivity index (χ3v) is 9.46. The molecular formula is C17H23N2Tl. The molecule has 0 heterocycles. The number of benzene rings is 2. The van der Waals surface area contributed by atoms with E-state index in [-0.39, 0.29) is 0 Å². The van der Waals surface area contributed by atoms with E-state index in [4.69, 9.17) is 0 Å².